The van der Waals surface area contributed by atoms with Crippen molar-refractivity contribution in [2.75, 3.05) is 94.3 Å². The van der Waals surface area contributed by atoms with Gasteiger partial charge in [0.15, 0.2) is 0 Å². The molecule has 1 heterocycles. The van der Waals surface area contributed by atoms with E-state index in [0.29, 0.717) is 0 Å². The van der Waals surface area contributed by atoms with Gasteiger partial charge in [-0.3, -0.25) is 4.90 Å². The van der Waals surface area contributed by atoms with Crippen molar-refractivity contribution in [1.82, 2.24) is 19.6 Å². The minimum atomic E-state index is 0. The highest BCUT2D eigenvalue weighted by Crippen LogP contribution is 2.01. The quantitative estimate of drug-likeness (QED) is 0.479. The van der Waals surface area contributed by atoms with E-state index in [1.54, 1.807) is 0 Å². The Morgan fingerprint density at radius 2 is 1.10 bits per heavy atom. The summed E-state index contributed by atoms with van der Waals surface area (Å²) >= 11 is 0. The molecule has 0 aliphatic carbocycles. The summed E-state index contributed by atoms with van der Waals surface area (Å²) < 4.78 is 5.24. The predicted molar refractivity (Wildman–Crippen MR) is 147 cm³/mol. The Bertz CT molecular complexity index is 309. The minimum absolute atomic E-state index is 0. The second-order valence-electron chi connectivity index (χ2n) is 9.92. The van der Waals surface area contributed by atoms with E-state index < -0.39 is 0 Å². The summed E-state index contributed by atoms with van der Waals surface area (Å²) in [5, 5.41) is 0. The van der Waals surface area contributed by atoms with Crippen LogP contribution in [0.25, 0.3) is 0 Å². The third-order valence-corrected chi connectivity index (χ3v) is 4.06. The van der Waals surface area contributed by atoms with Gasteiger partial charge in [-0.25, -0.2) is 0 Å². The first kappa shape index (κ1) is 41.1. The van der Waals surface area contributed by atoms with Crippen LogP contribution in [-0.4, -0.2) is 114 Å². The molecule has 31 heavy (non-hydrogen) atoms. The summed E-state index contributed by atoms with van der Waals surface area (Å²) in [5.41, 5.74) is 0. The molecular formula is C26H66N4O. The first-order valence-electron chi connectivity index (χ1n) is 11.2. The van der Waals surface area contributed by atoms with E-state index in [1.807, 2.05) is 0 Å². The maximum atomic E-state index is 5.24. The second-order valence-corrected chi connectivity index (χ2v) is 9.92. The van der Waals surface area contributed by atoms with E-state index in [4.69, 9.17) is 4.74 Å². The third kappa shape index (κ3) is 37.4. The molecule has 5 nitrogen and oxygen atoms in total. The molecule has 0 radical (unpaired) electrons. The number of nitrogens with zero attached hydrogens (tertiary/aromatic N) is 4. The third-order valence-electron chi connectivity index (χ3n) is 4.06. The molecule has 0 aromatic heterocycles. The number of likely N-dealkylation sites (N-methyl/N-ethyl adjacent to an activating group) is 2. The van der Waals surface area contributed by atoms with Crippen LogP contribution in [0.5, 0.6) is 0 Å². The van der Waals surface area contributed by atoms with Gasteiger partial charge in [-0.2, -0.15) is 0 Å². The van der Waals surface area contributed by atoms with E-state index in [0.717, 1.165) is 50.6 Å². The van der Waals surface area contributed by atoms with Crippen molar-refractivity contribution in [3.63, 3.8) is 0 Å². The van der Waals surface area contributed by atoms with Crippen LogP contribution in [0.1, 0.15) is 63.8 Å². The van der Waals surface area contributed by atoms with Crippen LogP contribution in [0.2, 0.25) is 0 Å². The molecule has 196 valence electrons. The summed E-state index contributed by atoms with van der Waals surface area (Å²) in [6.07, 6.45) is 0. The zero-order chi connectivity index (χ0) is 22.1. The lowest BCUT2D eigenvalue weighted by Crippen LogP contribution is -2.38. The molecule has 1 fully saturated rings. The zero-order valence-corrected chi connectivity index (χ0v) is 21.3. The molecule has 0 aromatic rings. The highest BCUT2D eigenvalue weighted by atomic mass is 16.5. The van der Waals surface area contributed by atoms with E-state index in [2.05, 4.69) is 96.4 Å². The highest BCUT2D eigenvalue weighted by molar-refractivity contribution is 4.62. The topological polar surface area (TPSA) is 22.2 Å². The van der Waals surface area contributed by atoms with E-state index >= 15 is 0 Å². The summed E-state index contributed by atoms with van der Waals surface area (Å²) in [6.45, 7) is 23.5. The fourth-order valence-electron chi connectivity index (χ4n) is 3.12. The predicted octanol–water partition coefficient (Wildman–Crippen LogP) is 5.22. The van der Waals surface area contributed by atoms with Crippen molar-refractivity contribution in [1.29, 1.82) is 0 Å². The SMILES string of the molecule is C.C.C.CC(C)CN(C)C.CC(C)CN(C)CCN(C)C.CC(C)CN1CCOCC1. The molecule has 1 saturated heterocycles. The van der Waals surface area contributed by atoms with E-state index in [9.17, 15) is 0 Å². The largest absolute Gasteiger partial charge is 0.379 e. The van der Waals surface area contributed by atoms with E-state index in [-0.39, 0.29) is 22.3 Å². The van der Waals surface area contributed by atoms with Crippen molar-refractivity contribution < 1.29 is 4.74 Å². The van der Waals surface area contributed by atoms with Crippen LogP contribution >= 0.6 is 0 Å². The van der Waals surface area contributed by atoms with Crippen LogP contribution in [0.3, 0.4) is 0 Å². The molecule has 1 rings (SSSR count). The Morgan fingerprint density at radius 1 is 0.645 bits per heavy atom. The lowest BCUT2D eigenvalue weighted by molar-refractivity contribution is 0.0329. The smallest absolute Gasteiger partial charge is 0.0594 e. The molecule has 0 bridgehead atoms. The molecule has 0 amide bonds. The Labute approximate surface area is 200 Å². The standard InChI is InChI=1S/C9H22N2.C8H17NO.C6H15N.3CH4/c1-9(2)8-11(5)7-6-10(3)4;1-8(2)7-9-3-5-10-6-4-9;1-6(2)5-7(3)4;;;/h9H,6-8H2,1-5H3;8H,3-7H2,1-2H3;6H,5H2,1-4H3;3*1H4. The van der Waals surface area contributed by atoms with Gasteiger partial charge >= 0.3 is 0 Å². The van der Waals surface area contributed by atoms with Crippen LogP contribution in [0.15, 0.2) is 0 Å². The van der Waals surface area contributed by atoms with Crippen molar-refractivity contribution in [3.8, 4) is 0 Å². The number of morpholine rings is 1. The van der Waals surface area contributed by atoms with Gasteiger partial charge in [0.2, 0.25) is 0 Å². The molecule has 0 saturated carbocycles. The molecule has 0 N–H and O–H groups in total. The van der Waals surface area contributed by atoms with Gasteiger partial charge < -0.3 is 19.4 Å². The number of hydrogen-bond donors (Lipinski definition) is 0. The lowest BCUT2D eigenvalue weighted by atomic mass is 10.2. The van der Waals surface area contributed by atoms with Crippen molar-refractivity contribution >= 4 is 0 Å². The first-order valence-corrected chi connectivity index (χ1v) is 11.2. The average molecular weight is 451 g/mol. The molecule has 0 aromatic carbocycles. The fraction of sp³-hybridized carbons (Fsp3) is 1.00. The molecule has 1 aliphatic rings. The van der Waals surface area contributed by atoms with Gasteiger partial charge in [0.1, 0.15) is 0 Å². The van der Waals surface area contributed by atoms with Crippen LogP contribution in [0.4, 0.5) is 0 Å². The summed E-state index contributed by atoms with van der Waals surface area (Å²) in [7, 11) is 10.6. The Hall–Kier alpha value is -0.200. The monoisotopic (exact) mass is 451 g/mol. The normalized spacial score (nSPS) is 13.8. The van der Waals surface area contributed by atoms with Gasteiger partial charge in [0, 0.05) is 39.3 Å². The molecule has 1 aliphatic heterocycles. The summed E-state index contributed by atoms with van der Waals surface area (Å²) in [6, 6.07) is 0. The van der Waals surface area contributed by atoms with Crippen LogP contribution in [0, 0.1) is 17.8 Å². The highest BCUT2D eigenvalue weighted by Gasteiger charge is 2.10. The van der Waals surface area contributed by atoms with Crippen molar-refractivity contribution in [2.45, 2.75) is 63.8 Å². The Kier molecular flexibility index (Phi) is 34.5. The van der Waals surface area contributed by atoms with Crippen LogP contribution in [-0.2, 0) is 4.74 Å². The second kappa shape index (κ2) is 26.1. The maximum absolute atomic E-state index is 5.24. The molecular weight excluding hydrogens is 384 g/mol. The molecule has 0 atom stereocenters. The Balaban J connectivity index is -0.000000106. The van der Waals surface area contributed by atoms with Gasteiger partial charge in [0.25, 0.3) is 0 Å². The fourth-order valence-corrected chi connectivity index (χ4v) is 3.12. The minimum Gasteiger partial charge on any atom is -0.379 e. The molecule has 0 unspecified atom stereocenters. The first-order chi connectivity index (χ1) is 12.9. The number of ether oxygens (including phenoxy) is 1. The molecule has 0 spiro atoms. The lowest BCUT2D eigenvalue weighted by Gasteiger charge is -2.27. The molecule has 5 heteroatoms. The number of rotatable bonds is 9. The van der Waals surface area contributed by atoms with E-state index in [1.165, 1.54) is 26.2 Å². The van der Waals surface area contributed by atoms with Crippen molar-refractivity contribution in [2.24, 2.45) is 17.8 Å². The van der Waals surface area contributed by atoms with Gasteiger partial charge in [0.05, 0.1) is 13.2 Å². The Morgan fingerprint density at radius 3 is 1.39 bits per heavy atom. The van der Waals surface area contributed by atoms with Crippen molar-refractivity contribution in [3.05, 3.63) is 0 Å². The average Bonchev–Trinajstić information content (AvgIpc) is 2.52. The number of hydrogen-bond acceptors (Lipinski definition) is 5. The van der Waals surface area contributed by atoms with Gasteiger partial charge in [-0.1, -0.05) is 63.8 Å². The summed E-state index contributed by atoms with van der Waals surface area (Å²) in [4.78, 5) is 9.26. The van der Waals surface area contributed by atoms with Gasteiger partial charge in [-0.15, -0.1) is 0 Å². The zero-order valence-electron chi connectivity index (χ0n) is 21.3. The summed E-state index contributed by atoms with van der Waals surface area (Å²) in [5.74, 6) is 2.37. The maximum Gasteiger partial charge on any atom is 0.0594 e. The van der Waals surface area contributed by atoms with Crippen LogP contribution < -0.4 is 0 Å². The van der Waals surface area contributed by atoms with Gasteiger partial charge in [-0.05, 0) is 59.5 Å².